The molecule has 0 aliphatic carbocycles. The van der Waals surface area contributed by atoms with Gasteiger partial charge in [-0.3, -0.25) is 0 Å². The van der Waals surface area contributed by atoms with Crippen molar-refractivity contribution in [2.24, 2.45) is 0 Å². The summed E-state index contributed by atoms with van der Waals surface area (Å²) >= 11 is 0. The number of aromatic nitrogens is 3. The Bertz CT molecular complexity index is 866. The molecule has 1 saturated heterocycles. The van der Waals surface area contributed by atoms with Gasteiger partial charge in [-0.1, -0.05) is 0 Å². The molecule has 0 bridgehead atoms. The molecule has 6 nitrogen and oxygen atoms in total. The number of methoxy groups -OCH3 is 1. The summed E-state index contributed by atoms with van der Waals surface area (Å²) < 4.78 is 18.7. The lowest BCUT2D eigenvalue weighted by atomic mass is 10.2. The smallest absolute Gasteiger partial charge is 0.217 e. The molecule has 130 valence electrons. The third-order valence-electron chi connectivity index (χ3n) is 4.53. The van der Waals surface area contributed by atoms with Crippen LogP contribution in [0.25, 0.3) is 17.3 Å². The lowest BCUT2D eigenvalue weighted by Gasteiger charge is -2.12. The first-order chi connectivity index (χ1) is 12.2. The van der Waals surface area contributed by atoms with Gasteiger partial charge in [-0.05, 0) is 62.6 Å². The zero-order valence-corrected chi connectivity index (χ0v) is 14.6. The third-order valence-corrected chi connectivity index (χ3v) is 4.53. The van der Waals surface area contributed by atoms with Crippen molar-refractivity contribution >= 4 is 0 Å². The average molecular weight is 339 g/mol. The highest BCUT2D eigenvalue weighted by Crippen LogP contribution is 2.34. The van der Waals surface area contributed by atoms with Crippen LogP contribution >= 0.6 is 0 Å². The normalized spacial score (nSPS) is 20.1. The fraction of sp³-hybridized carbons (Fsp3) is 0.368. The van der Waals surface area contributed by atoms with Gasteiger partial charge < -0.3 is 13.9 Å². The van der Waals surface area contributed by atoms with Crippen molar-refractivity contribution in [3.05, 3.63) is 48.0 Å². The topological polar surface area (TPSA) is 62.3 Å². The van der Waals surface area contributed by atoms with Crippen molar-refractivity contribution in [1.82, 2.24) is 14.8 Å². The number of aryl methyl sites for hydroxylation is 1. The molecular weight excluding hydrogens is 318 g/mol. The van der Waals surface area contributed by atoms with Crippen LogP contribution in [0.1, 0.15) is 37.3 Å². The van der Waals surface area contributed by atoms with E-state index >= 15 is 0 Å². The molecule has 1 fully saturated rings. The van der Waals surface area contributed by atoms with E-state index in [1.807, 2.05) is 41.9 Å². The van der Waals surface area contributed by atoms with Crippen LogP contribution < -0.4 is 4.74 Å². The van der Waals surface area contributed by atoms with E-state index in [1.165, 1.54) is 0 Å². The van der Waals surface area contributed by atoms with Crippen LogP contribution in [-0.4, -0.2) is 28.0 Å². The van der Waals surface area contributed by atoms with Crippen LogP contribution in [0.2, 0.25) is 0 Å². The van der Waals surface area contributed by atoms with Gasteiger partial charge in [0, 0.05) is 0 Å². The maximum Gasteiger partial charge on any atom is 0.217 e. The molecule has 25 heavy (non-hydrogen) atoms. The standard InChI is InChI=1S/C19H21N3O3/c1-12-10-11-24-17(12)18-20-19(16-9-4-13(2)25-16)22(21-18)14-5-7-15(23-3)8-6-14/h5-8,10-11,13,16H,4,9H2,1-3H3/t13-,16-/m0/s1. The van der Waals surface area contributed by atoms with Crippen molar-refractivity contribution in [2.45, 2.75) is 38.9 Å². The van der Waals surface area contributed by atoms with Crippen LogP contribution in [0.4, 0.5) is 0 Å². The van der Waals surface area contributed by atoms with E-state index in [1.54, 1.807) is 13.4 Å². The zero-order chi connectivity index (χ0) is 17.4. The van der Waals surface area contributed by atoms with E-state index in [-0.39, 0.29) is 12.2 Å². The Labute approximate surface area is 146 Å². The van der Waals surface area contributed by atoms with E-state index in [0.717, 1.165) is 35.7 Å². The first-order valence-corrected chi connectivity index (χ1v) is 8.47. The molecule has 4 rings (SSSR count). The molecule has 0 N–H and O–H groups in total. The fourth-order valence-electron chi connectivity index (χ4n) is 3.14. The number of benzene rings is 1. The molecule has 0 unspecified atom stereocenters. The van der Waals surface area contributed by atoms with Crippen LogP contribution in [0, 0.1) is 6.92 Å². The SMILES string of the molecule is COc1ccc(-n2nc(-c3occc3C)nc2[C@@H]2CC[C@H](C)O2)cc1. The first-order valence-electron chi connectivity index (χ1n) is 8.47. The highest BCUT2D eigenvalue weighted by atomic mass is 16.5. The Morgan fingerprint density at radius 1 is 1.16 bits per heavy atom. The maximum absolute atomic E-state index is 6.04. The molecule has 0 saturated carbocycles. The molecule has 3 heterocycles. The van der Waals surface area contributed by atoms with Crippen molar-refractivity contribution in [2.75, 3.05) is 7.11 Å². The summed E-state index contributed by atoms with van der Waals surface area (Å²) in [7, 11) is 1.65. The number of rotatable bonds is 4. The van der Waals surface area contributed by atoms with Crippen molar-refractivity contribution in [3.8, 4) is 23.0 Å². The van der Waals surface area contributed by atoms with Gasteiger partial charge in [-0.25, -0.2) is 9.67 Å². The third kappa shape index (κ3) is 2.93. The predicted molar refractivity (Wildman–Crippen MR) is 92.9 cm³/mol. The number of hydrogen-bond donors (Lipinski definition) is 0. The Morgan fingerprint density at radius 2 is 1.96 bits per heavy atom. The Balaban J connectivity index is 1.80. The minimum absolute atomic E-state index is 0.0615. The Hall–Kier alpha value is -2.60. The lowest BCUT2D eigenvalue weighted by molar-refractivity contribution is 0.0491. The van der Waals surface area contributed by atoms with Gasteiger partial charge in [0.1, 0.15) is 11.9 Å². The zero-order valence-electron chi connectivity index (χ0n) is 14.6. The highest BCUT2D eigenvalue weighted by molar-refractivity contribution is 5.52. The van der Waals surface area contributed by atoms with E-state index in [0.29, 0.717) is 11.6 Å². The number of hydrogen-bond acceptors (Lipinski definition) is 5. The molecule has 1 aliphatic heterocycles. The molecule has 0 spiro atoms. The van der Waals surface area contributed by atoms with Gasteiger partial charge in [0.25, 0.3) is 0 Å². The van der Waals surface area contributed by atoms with Gasteiger partial charge in [-0.15, -0.1) is 5.10 Å². The molecule has 1 aromatic carbocycles. The van der Waals surface area contributed by atoms with Gasteiger partial charge in [-0.2, -0.15) is 0 Å². The van der Waals surface area contributed by atoms with Crippen molar-refractivity contribution in [1.29, 1.82) is 0 Å². The molecule has 6 heteroatoms. The first kappa shape index (κ1) is 15.9. The summed E-state index contributed by atoms with van der Waals surface area (Å²) in [6, 6.07) is 9.67. The summed E-state index contributed by atoms with van der Waals surface area (Å²) in [5.41, 5.74) is 1.93. The fourth-order valence-corrected chi connectivity index (χ4v) is 3.14. The lowest BCUT2D eigenvalue weighted by Crippen LogP contribution is -2.09. The van der Waals surface area contributed by atoms with Crippen LogP contribution in [0.15, 0.2) is 41.0 Å². The quantitative estimate of drug-likeness (QED) is 0.716. The van der Waals surface area contributed by atoms with Gasteiger partial charge in [0.15, 0.2) is 11.6 Å². The largest absolute Gasteiger partial charge is 0.497 e. The molecule has 0 radical (unpaired) electrons. The predicted octanol–water partition coefficient (Wildman–Crippen LogP) is 4.08. The monoisotopic (exact) mass is 339 g/mol. The van der Waals surface area contributed by atoms with Crippen LogP contribution in [0.3, 0.4) is 0 Å². The Morgan fingerprint density at radius 3 is 2.56 bits per heavy atom. The van der Waals surface area contributed by atoms with E-state index < -0.39 is 0 Å². The highest BCUT2D eigenvalue weighted by Gasteiger charge is 2.30. The number of furan rings is 1. The van der Waals surface area contributed by atoms with E-state index in [4.69, 9.17) is 24.0 Å². The minimum atomic E-state index is -0.0615. The second kappa shape index (κ2) is 6.37. The minimum Gasteiger partial charge on any atom is -0.497 e. The van der Waals surface area contributed by atoms with Crippen molar-refractivity contribution in [3.63, 3.8) is 0 Å². The van der Waals surface area contributed by atoms with Crippen molar-refractivity contribution < 1.29 is 13.9 Å². The maximum atomic E-state index is 6.04. The molecule has 1 aliphatic rings. The molecular formula is C19H21N3O3. The second-order valence-corrected chi connectivity index (χ2v) is 6.35. The van der Waals surface area contributed by atoms with Gasteiger partial charge in [0.05, 0.1) is 25.2 Å². The van der Waals surface area contributed by atoms with Gasteiger partial charge in [0.2, 0.25) is 5.82 Å². The number of ether oxygens (including phenoxy) is 2. The summed E-state index contributed by atoms with van der Waals surface area (Å²) in [4.78, 5) is 4.75. The molecule has 2 aromatic heterocycles. The molecule has 0 amide bonds. The number of nitrogens with zero attached hydrogens (tertiary/aromatic N) is 3. The van der Waals surface area contributed by atoms with E-state index in [2.05, 4.69) is 6.92 Å². The molecule has 2 atom stereocenters. The average Bonchev–Trinajstić information content (AvgIpc) is 3.34. The summed E-state index contributed by atoms with van der Waals surface area (Å²) in [5.74, 6) is 2.88. The second-order valence-electron chi connectivity index (χ2n) is 6.35. The Kier molecular flexibility index (Phi) is 4.05. The molecule has 3 aromatic rings. The van der Waals surface area contributed by atoms with Crippen LogP contribution in [-0.2, 0) is 4.74 Å². The summed E-state index contributed by atoms with van der Waals surface area (Å²) in [6.07, 6.45) is 3.79. The van der Waals surface area contributed by atoms with Crippen LogP contribution in [0.5, 0.6) is 5.75 Å². The van der Waals surface area contributed by atoms with Gasteiger partial charge >= 0.3 is 0 Å². The summed E-state index contributed by atoms with van der Waals surface area (Å²) in [6.45, 7) is 4.08. The van der Waals surface area contributed by atoms with E-state index in [9.17, 15) is 0 Å². The summed E-state index contributed by atoms with van der Waals surface area (Å²) in [5, 5.41) is 4.70.